The second kappa shape index (κ2) is 11.3. The number of carbonyl (C=O) groups is 1. The summed E-state index contributed by atoms with van der Waals surface area (Å²) in [6.07, 6.45) is 1.54. The highest BCUT2D eigenvalue weighted by Crippen LogP contribution is 2.28. The molecule has 0 spiro atoms. The van der Waals surface area contributed by atoms with Gasteiger partial charge in [0.2, 0.25) is 0 Å². The van der Waals surface area contributed by atoms with Crippen LogP contribution in [0.15, 0.2) is 87.5 Å². The van der Waals surface area contributed by atoms with Crippen molar-refractivity contribution in [2.75, 3.05) is 12.9 Å². The molecule has 0 radical (unpaired) electrons. The van der Waals surface area contributed by atoms with Crippen LogP contribution in [0.25, 0.3) is 17.1 Å². The molecule has 34 heavy (non-hydrogen) atoms. The number of methoxy groups -OCH3 is 1. The van der Waals surface area contributed by atoms with Gasteiger partial charge < -0.3 is 4.74 Å². The minimum Gasteiger partial charge on any atom is -0.496 e. The summed E-state index contributed by atoms with van der Waals surface area (Å²) in [5, 5.41) is 14.0. The van der Waals surface area contributed by atoms with Crippen LogP contribution < -0.4 is 10.2 Å². The summed E-state index contributed by atoms with van der Waals surface area (Å²) in [5.74, 6) is 1.15. The van der Waals surface area contributed by atoms with E-state index in [1.807, 2.05) is 65.2 Å². The second-order valence-electron chi connectivity index (χ2n) is 6.95. The van der Waals surface area contributed by atoms with E-state index in [9.17, 15) is 4.79 Å². The molecule has 0 atom stereocenters. The maximum atomic E-state index is 12.4. The molecule has 1 N–H and O–H groups in total. The number of thioether (sulfide) groups is 1. The van der Waals surface area contributed by atoms with E-state index in [2.05, 4.69) is 36.7 Å². The van der Waals surface area contributed by atoms with E-state index in [1.54, 1.807) is 19.2 Å². The Kier molecular flexibility index (Phi) is 7.99. The molecule has 0 bridgehead atoms. The summed E-state index contributed by atoms with van der Waals surface area (Å²) in [7, 11) is 1.58. The molecular formula is C24H19BrClN5O2S. The molecule has 0 aliphatic carbocycles. The van der Waals surface area contributed by atoms with Crippen molar-refractivity contribution in [3.8, 4) is 22.8 Å². The summed E-state index contributed by atoms with van der Waals surface area (Å²) in [6.45, 7) is 0. The van der Waals surface area contributed by atoms with Gasteiger partial charge in [0.05, 0.1) is 19.1 Å². The fraction of sp³-hybridized carbons (Fsp3) is 0.0833. The molecular weight excluding hydrogens is 538 g/mol. The minimum atomic E-state index is -0.276. The first-order chi connectivity index (χ1) is 16.5. The third kappa shape index (κ3) is 5.85. The first kappa shape index (κ1) is 24.0. The summed E-state index contributed by atoms with van der Waals surface area (Å²) < 4.78 is 8.09. The van der Waals surface area contributed by atoms with Gasteiger partial charge in [-0.3, -0.25) is 9.36 Å². The van der Waals surface area contributed by atoms with Gasteiger partial charge in [0, 0.05) is 26.3 Å². The Balaban J connectivity index is 1.50. The molecule has 4 aromatic rings. The zero-order valence-electron chi connectivity index (χ0n) is 18.0. The van der Waals surface area contributed by atoms with Gasteiger partial charge in [0.15, 0.2) is 11.0 Å². The zero-order chi connectivity index (χ0) is 23.9. The molecule has 10 heteroatoms. The minimum absolute atomic E-state index is 0.105. The lowest BCUT2D eigenvalue weighted by atomic mass is 10.2. The van der Waals surface area contributed by atoms with Gasteiger partial charge in [-0.25, -0.2) is 5.43 Å². The number of carbonyl (C=O) groups excluding carboxylic acids is 1. The summed E-state index contributed by atoms with van der Waals surface area (Å²) in [6, 6.07) is 22.7. The molecule has 7 nitrogen and oxygen atoms in total. The van der Waals surface area contributed by atoms with Crippen LogP contribution in [0, 0.1) is 0 Å². The normalized spacial score (nSPS) is 11.0. The number of amides is 1. The van der Waals surface area contributed by atoms with E-state index in [1.165, 1.54) is 18.0 Å². The van der Waals surface area contributed by atoms with Gasteiger partial charge in [-0.1, -0.05) is 69.6 Å². The Morgan fingerprint density at radius 2 is 1.91 bits per heavy atom. The van der Waals surface area contributed by atoms with Crippen LogP contribution in [-0.2, 0) is 4.79 Å². The fourth-order valence-corrected chi connectivity index (χ4v) is 4.35. The molecule has 0 saturated heterocycles. The number of halogens is 2. The Hall–Kier alpha value is -3.14. The van der Waals surface area contributed by atoms with E-state index in [-0.39, 0.29) is 11.7 Å². The Morgan fingerprint density at radius 1 is 1.15 bits per heavy atom. The van der Waals surface area contributed by atoms with Gasteiger partial charge in [0.1, 0.15) is 5.75 Å². The van der Waals surface area contributed by atoms with Crippen molar-refractivity contribution < 1.29 is 9.53 Å². The second-order valence-corrected chi connectivity index (χ2v) is 9.25. The number of aromatic nitrogens is 3. The van der Waals surface area contributed by atoms with Gasteiger partial charge in [-0.2, -0.15) is 5.10 Å². The molecule has 1 aromatic heterocycles. The molecule has 1 heterocycles. The maximum Gasteiger partial charge on any atom is 0.250 e. The molecule has 0 saturated carbocycles. The number of nitrogens with zero attached hydrogens (tertiary/aromatic N) is 4. The van der Waals surface area contributed by atoms with Crippen molar-refractivity contribution in [2.45, 2.75) is 5.16 Å². The van der Waals surface area contributed by atoms with E-state index in [4.69, 9.17) is 16.3 Å². The Bertz CT molecular complexity index is 1310. The van der Waals surface area contributed by atoms with E-state index < -0.39 is 0 Å². The highest BCUT2D eigenvalue weighted by Gasteiger charge is 2.17. The standard InChI is InChI=1S/C24H19BrClN5O2S/c1-33-21-12-7-18(25)13-17(21)14-27-28-22(32)15-34-24-30-29-23(16-5-3-2-4-6-16)31(24)20-10-8-19(26)9-11-20/h2-14H,15H2,1H3,(H,28,32)/b27-14-. The van der Waals surface area contributed by atoms with Crippen LogP contribution in [0.4, 0.5) is 0 Å². The number of hydrogen-bond donors (Lipinski definition) is 1. The van der Waals surface area contributed by atoms with E-state index >= 15 is 0 Å². The number of ether oxygens (including phenoxy) is 1. The third-order valence-corrected chi connectivity index (χ3v) is 6.34. The zero-order valence-corrected chi connectivity index (χ0v) is 21.1. The van der Waals surface area contributed by atoms with Crippen LogP contribution in [0.2, 0.25) is 5.02 Å². The van der Waals surface area contributed by atoms with Crippen molar-refractivity contribution >= 4 is 51.4 Å². The van der Waals surface area contributed by atoms with Gasteiger partial charge >= 0.3 is 0 Å². The van der Waals surface area contributed by atoms with Crippen molar-refractivity contribution in [1.29, 1.82) is 0 Å². The predicted molar refractivity (Wildman–Crippen MR) is 139 cm³/mol. The number of benzene rings is 3. The van der Waals surface area contributed by atoms with Crippen LogP contribution >= 0.6 is 39.3 Å². The number of nitrogens with one attached hydrogen (secondary N) is 1. The molecule has 1 amide bonds. The van der Waals surface area contributed by atoms with E-state index in [0.29, 0.717) is 21.8 Å². The monoisotopic (exact) mass is 555 g/mol. The van der Waals surface area contributed by atoms with Crippen LogP contribution in [-0.4, -0.2) is 39.7 Å². The molecule has 3 aromatic carbocycles. The lowest BCUT2D eigenvalue weighted by Gasteiger charge is -2.10. The lowest BCUT2D eigenvalue weighted by molar-refractivity contribution is -0.118. The Labute approximate surface area is 214 Å². The van der Waals surface area contributed by atoms with Crippen molar-refractivity contribution in [3.05, 3.63) is 87.9 Å². The number of rotatable bonds is 8. The van der Waals surface area contributed by atoms with Gasteiger partial charge in [-0.05, 0) is 42.5 Å². The van der Waals surface area contributed by atoms with Crippen LogP contribution in [0.1, 0.15) is 5.56 Å². The first-order valence-corrected chi connectivity index (χ1v) is 12.3. The molecule has 0 aliphatic rings. The van der Waals surface area contributed by atoms with Crippen molar-refractivity contribution in [3.63, 3.8) is 0 Å². The molecule has 4 rings (SSSR count). The quantitative estimate of drug-likeness (QED) is 0.174. The summed E-state index contributed by atoms with van der Waals surface area (Å²) in [5.41, 5.74) is 5.03. The van der Waals surface area contributed by atoms with Crippen LogP contribution in [0.3, 0.4) is 0 Å². The SMILES string of the molecule is COc1ccc(Br)cc1/C=N\NC(=O)CSc1nnc(-c2ccccc2)n1-c1ccc(Cl)cc1. The lowest BCUT2D eigenvalue weighted by Crippen LogP contribution is -2.20. The molecule has 0 aliphatic heterocycles. The molecule has 0 unspecified atom stereocenters. The molecule has 172 valence electrons. The number of hydrazone groups is 1. The largest absolute Gasteiger partial charge is 0.496 e. The Morgan fingerprint density at radius 3 is 2.65 bits per heavy atom. The van der Waals surface area contributed by atoms with Crippen molar-refractivity contribution in [1.82, 2.24) is 20.2 Å². The first-order valence-electron chi connectivity index (χ1n) is 10.1. The highest BCUT2D eigenvalue weighted by molar-refractivity contribution is 9.10. The van der Waals surface area contributed by atoms with Gasteiger partial charge in [-0.15, -0.1) is 10.2 Å². The maximum absolute atomic E-state index is 12.4. The number of hydrogen-bond acceptors (Lipinski definition) is 6. The van der Waals surface area contributed by atoms with Gasteiger partial charge in [0.25, 0.3) is 5.91 Å². The predicted octanol–water partition coefficient (Wildman–Crippen LogP) is 5.60. The average Bonchev–Trinajstić information content (AvgIpc) is 3.28. The van der Waals surface area contributed by atoms with E-state index in [0.717, 1.165) is 21.3 Å². The highest BCUT2D eigenvalue weighted by atomic mass is 79.9. The summed E-state index contributed by atoms with van der Waals surface area (Å²) >= 11 is 10.7. The third-order valence-electron chi connectivity index (χ3n) is 4.67. The average molecular weight is 557 g/mol. The fourth-order valence-electron chi connectivity index (χ4n) is 3.10. The van der Waals surface area contributed by atoms with Crippen LogP contribution in [0.5, 0.6) is 5.75 Å². The topological polar surface area (TPSA) is 81.4 Å². The van der Waals surface area contributed by atoms with Crippen molar-refractivity contribution in [2.24, 2.45) is 5.10 Å². The smallest absolute Gasteiger partial charge is 0.250 e. The summed E-state index contributed by atoms with van der Waals surface area (Å²) in [4.78, 5) is 12.4. The molecule has 0 fully saturated rings.